The van der Waals surface area contributed by atoms with Crippen molar-refractivity contribution in [3.05, 3.63) is 57.3 Å². The van der Waals surface area contributed by atoms with Gasteiger partial charge in [0.15, 0.2) is 0 Å². The highest BCUT2D eigenvalue weighted by Gasteiger charge is 2.03. The molecule has 0 unspecified atom stereocenters. The van der Waals surface area contributed by atoms with Gasteiger partial charge in [0.25, 0.3) is 0 Å². The third-order valence-corrected chi connectivity index (χ3v) is 3.10. The van der Waals surface area contributed by atoms with Gasteiger partial charge in [-0.3, -0.25) is 0 Å². The van der Waals surface area contributed by atoms with Gasteiger partial charge in [-0.05, 0) is 36.4 Å². The van der Waals surface area contributed by atoms with Crippen LogP contribution in [-0.4, -0.2) is 5.11 Å². The molecule has 0 atom stereocenters. The number of halogens is 3. The van der Waals surface area contributed by atoms with Crippen molar-refractivity contribution < 1.29 is 9.50 Å². The zero-order chi connectivity index (χ0) is 13.1. The van der Waals surface area contributed by atoms with Crippen LogP contribution in [-0.2, 0) is 6.54 Å². The number of nitrogens with one attached hydrogen (secondary N) is 1. The van der Waals surface area contributed by atoms with Gasteiger partial charge in [-0.15, -0.1) is 0 Å². The summed E-state index contributed by atoms with van der Waals surface area (Å²) >= 11 is 9.08. The van der Waals surface area contributed by atoms with Gasteiger partial charge in [0.1, 0.15) is 11.6 Å². The fraction of sp³-hybridized carbons (Fsp3) is 0.0769. The Bertz CT molecular complexity index is 557. The lowest BCUT2D eigenvalue weighted by atomic mass is 10.2. The number of rotatable bonds is 3. The smallest absolute Gasteiger partial charge is 0.126 e. The van der Waals surface area contributed by atoms with Crippen molar-refractivity contribution in [1.82, 2.24) is 0 Å². The van der Waals surface area contributed by atoms with Crippen molar-refractivity contribution in [2.24, 2.45) is 0 Å². The lowest BCUT2D eigenvalue weighted by Crippen LogP contribution is -2.00. The van der Waals surface area contributed by atoms with E-state index in [9.17, 15) is 9.50 Å². The second kappa shape index (κ2) is 5.59. The number of phenolic OH excluding ortho intramolecular Hbond substituents is 1. The molecule has 0 aliphatic heterocycles. The van der Waals surface area contributed by atoms with E-state index in [0.29, 0.717) is 22.8 Å². The average molecular weight is 331 g/mol. The van der Waals surface area contributed by atoms with E-state index in [2.05, 4.69) is 21.2 Å². The molecule has 2 aromatic rings. The van der Waals surface area contributed by atoms with E-state index in [1.54, 1.807) is 24.3 Å². The lowest BCUT2D eigenvalue weighted by molar-refractivity contribution is 0.469. The summed E-state index contributed by atoms with van der Waals surface area (Å²) in [5, 5.41) is 13.0. The summed E-state index contributed by atoms with van der Waals surface area (Å²) < 4.78 is 14.0. The van der Waals surface area contributed by atoms with Crippen LogP contribution >= 0.6 is 27.5 Å². The molecule has 94 valence electrons. The highest BCUT2D eigenvalue weighted by Crippen LogP contribution is 2.24. The van der Waals surface area contributed by atoms with Crippen LogP contribution < -0.4 is 5.32 Å². The van der Waals surface area contributed by atoms with E-state index in [1.165, 1.54) is 12.1 Å². The van der Waals surface area contributed by atoms with E-state index in [-0.39, 0.29) is 5.75 Å². The summed E-state index contributed by atoms with van der Waals surface area (Å²) in [4.78, 5) is 0. The first-order valence-electron chi connectivity index (χ1n) is 5.22. The van der Waals surface area contributed by atoms with Crippen LogP contribution in [0.3, 0.4) is 0 Å². The Kier molecular flexibility index (Phi) is 4.09. The average Bonchev–Trinajstić information content (AvgIpc) is 2.29. The fourth-order valence-corrected chi connectivity index (χ4v) is 2.18. The summed E-state index contributed by atoms with van der Waals surface area (Å²) in [7, 11) is 0. The molecule has 0 aliphatic carbocycles. The van der Waals surface area contributed by atoms with Crippen molar-refractivity contribution in [2.45, 2.75) is 6.54 Å². The molecule has 2 N–H and O–H groups in total. The van der Waals surface area contributed by atoms with Gasteiger partial charge in [0.05, 0.1) is 0 Å². The van der Waals surface area contributed by atoms with Crippen molar-refractivity contribution in [2.75, 3.05) is 5.32 Å². The lowest BCUT2D eigenvalue weighted by Gasteiger charge is -2.09. The standard InChI is InChI=1S/C13H10BrClFNO/c14-9-1-2-13(18)8(3-9)7-17-12-5-10(15)4-11(16)6-12/h1-6,17-18H,7H2. The molecular weight excluding hydrogens is 321 g/mol. The number of aromatic hydroxyl groups is 1. The van der Waals surface area contributed by atoms with Crippen molar-refractivity contribution in [1.29, 1.82) is 0 Å². The molecule has 18 heavy (non-hydrogen) atoms. The molecule has 0 saturated carbocycles. The van der Waals surface area contributed by atoms with Crippen LogP contribution in [0.15, 0.2) is 40.9 Å². The Labute approximate surface area is 118 Å². The summed E-state index contributed by atoms with van der Waals surface area (Å²) in [5.41, 5.74) is 1.28. The predicted octanol–water partition coefficient (Wildman–Crippen LogP) is 4.56. The minimum Gasteiger partial charge on any atom is -0.508 e. The Morgan fingerprint density at radius 1 is 1.22 bits per heavy atom. The Hall–Kier alpha value is -1.26. The third kappa shape index (κ3) is 3.37. The number of hydrogen-bond acceptors (Lipinski definition) is 2. The summed E-state index contributed by atoms with van der Waals surface area (Å²) in [6.45, 7) is 0.380. The predicted molar refractivity (Wildman–Crippen MR) is 74.5 cm³/mol. The van der Waals surface area contributed by atoms with Crippen LogP contribution in [0, 0.1) is 5.82 Å². The zero-order valence-corrected chi connectivity index (χ0v) is 11.6. The largest absolute Gasteiger partial charge is 0.508 e. The molecular formula is C13H10BrClFNO. The molecule has 0 amide bonds. The molecule has 0 bridgehead atoms. The summed E-state index contributed by atoms with van der Waals surface area (Å²) in [5.74, 6) is -0.211. The first-order chi connectivity index (χ1) is 8.54. The second-order valence-corrected chi connectivity index (χ2v) is 5.14. The minimum atomic E-state index is -0.400. The maximum atomic E-state index is 13.1. The highest BCUT2D eigenvalue weighted by molar-refractivity contribution is 9.10. The maximum absolute atomic E-state index is 13.1. The third-order valence-electron chi connectivity index (χ3n) is 2.39. The van der Waals surface area contributed by atoms with Gasteiger partial charge < -0.3 is 10.4 Å². The van der Waals surface area contributed by atoms with Gasteiger partial charge >= 0.3 is 0 Å². The minimum absolute atomic E-state index is 0.188. The first kappa shape index (κ1) is 13.2. The monoisotopic (exact) mass is 329 g/mol. The molecule has 2 nitrogen and oxygen atoms in total. The topological polar surface area (TPSA) is 32.3 Å². The van der Waals surface area contributed by atoms with Gasteiger partial charge in [-0.25, -0.2) is 4.39 Å². The van der Waals surface area contributed by atoms with Crippen molar-refractivity contribution >= 4 is 33.2 Å². The molecule has 0 fully saturated rings. The molecule has 0 aliphatic rings. The Balaban J connectivity index is 2.13. The van der Waals surface area contributed by atoms with Gasteiger partial charge in [0, 0.05) is 27.3 Å². The van der Waals surface area contributed by atoms with Crippen molar-refractivity contribution in [3.8, 4) is 5.75 Å². The van der Waals surface area contributed by atoms with Gasteiger partial charge in [-0.2, -0.15) is 0 Å². The van der Waals surface area contributed by atoms with Crippen LogP contribution in [0.5, 0.6) is 5.75 Å². The molecule has 0 spiro atoms. The fourth-order valence-electron chi connectivity index (χ4n) is 1.55. The SMILES string of the molecule is Oc1ccc(Br)cc1CNc1cc(F)cc(Cl)c1. The summed E-state index contributed by atoms with van der Waals surface area (Å²) in [6.07, 6.45) is 0. The van der Waals surface area contributed by atoms with E-state index >= 15 is 0 Å². The molecule has 2 aromatic carbocycles. The number of hydrogen-bond donors (Lipinski definition) is 2. The normalized spacial score (nSPS) is 10.4. The number of anilines is 1. The molecule has 5 heteroatoms. The number of phenols is 1. The highest BCUT2D eigenvalue weighted by atomic mass is 79.9. The van der Waals surface area contributed by atoms with E-state index in [0.717, 1.165) is 4.47 Å². The van der Waals surface area contributed by atoms with E-state index in [1.807, 2.05) is 0 Å². The molecule has 2 rings (SSSR count). The maximum Gasteiger partial charge on any atom is 0.126 e. The van der Waals surface area contributed by atoms with E-state index < -0.39 is 5.82 Å². The van der Waals surface area contributed by atoms with Crippen LogP contribution in [0.25, 0.3) is 0 Å². The first-order valence-corrected chi connectivity index (χ1v) is 6.39. The molecule has 0 saturated heterocycles. The Morgan fingerprint density at radius 3 is 2.72 bits per heavy atom. The quantitative estimate of drug-likeness (QED) is 0.864. The van der Waals surface area contributed by atoms with Crippen LogP contribution in [0.2, 0.25) is 5.02 Å². The van der Waals surface area contributed by atoms with Crippen LogP contribution in [0.1, 0.15) is 5.56 Å². The second-order valence-electron chi connectivity index (χ2n) is 3.78. The molecule has 0 radical (unpaired) electrons. The summed E-state index contributed by atoms with van der Waals surface area (Å²) in [6, 6.07) is 9.35. The number of benzene rings is 2. The zero-order valence-electron chi connectivity index (χ0n) is 9.25. The van der Waals surface area contributed by atoms with Gasteiger partial charge in [0.2, 0.25) is 0 Å². The Morgan fingerprint density at radius 2 is 2.00 bits per heavy atom. The molecule has 0 aromatic heterocycles. The van der Waals surface area contributed by atoms with Gasteiger partial charge in [-0.1, -0.05) is 27.5 Å². The molecule has 0 heterocycles. The van der Waals surface area contributed by atoms with Crippen molar-refractivity contribution in [3.63, 3.8) is 0 Å². The van der Waals surface area contributed by atoms with E-state index in [4.69, 9.17) is 11.6 Å². The van der Waals surface area contributed by atoms with Crippen LogP contribution in [0.4, 0.5) is 10.1 Å².